The Kier molecular flexibility index (Phi) is 6.06. The second kappa shape index (κ2) is 7.81. The van der Waals surface area contributed by atoms with Crippen LogP contribution in [0.1, 0.15) is 5.89 Å². The Balaban J connectivity index is 1.71. The fourth-order valence-electron chi connectivity index (χ4n) is 1.32. The van der Waals surface area contributed by atoms with E-state index in [4.69, 9.17) is 9.15 Å². The molecule has 102 valence electrons. The number of benzene rings is 1. The van der Waals surface area contributed by atoms with Gasteiger partial charge in [-0.2, -0.15) is 11.8 Å². The average Bonchev–Trinajstić information content (AvgIpc) is 2.83. The van der Waals surface area contributed by atoms with Gasteiger partial charge in [0.15, 0.2) is 0 Å². The first-order chi connectivity index (χ1) is 9.28. The summed E-state index contributed by atoms with van der Waals surface area (Å²) in [6.07, 6.45) is 2.00. The van der Waals surface area contributed by atoms with Gasteiger partial charge in [-0.3, -0.25) is 0 Å². The molecule has 1 heterocycles. The molecule has 0 saturated carbocycles. The lowest BCUT2D eigenvalue weighted by molar-refractivity contribution is 0.342. The van der Waals surface area contributed by atoms with E-state index in [0.29, 0.717) is 17.7 Å². The van der Waals surface area contributed by atoms with Gasteiger partial charge in [-0.1, -0.05) is 33.8 Å². The van der Waals surface area contributed by atoms with Crippen LogP contribution in [0.5, 0.6) is 5.75 Å². The molecule has 0 atom stereocenters. The van der Waals surface area contributed by atoms with Crippen LogP contribution in [0.3, 0.4) is 0 Å². The standard InChI is InChI=1S/C12H13BrN2O2S2/c1-18-8-11-14-15-12(17-11)19-6-5-16-10-4-2-3-9(13)7-10/h2-4,7H,5-6,8H2,1H3. The first-order valence-electron chi connectivity index (χ1n) is 5.60. The van der Waals surface area contributed by atoms with E-state index in [2.05, 4.69) is 26.1 Å². The minimum atomic E-state index is 0.599. The minimum absolute atomic E-state index is 0.599. The molecule has 0 N–H and O–H groups in total. The maximum atomic E-state index is 5.62. The third-order valence-corrected chi connectivity index (χ3v) is 3.90. The molecule has 0 spiro atoms. The zero-order valence-electron chi connectivity index (χ0n) is 10.3. The van der Waals surface area contributed by atoms with Crippen LogP contribution in [-0.2, 0) is 5.75 Å². The second-order valence-corrected chi connectivity index (χ2v) is 6.38. The Hall–Kier alpha value is -0.660. The van der Waals surface area contributed by atoms with Crippen molar-refractivity contribution in [2.75, 3.05) is 18.6 Å². The summed E-state index contributed by atoms with van der Waals surface area (Å²) in [5, 5.41) is 8.51. The lowest BCUT2D eigenvalue weighted by Crippen LogP contribution is -1.99. The van der Waals surface area contributed by atoms with Crippen LogP contribution >= 0.6 is 39.5 Å². The Morgan fingerprint density at radius 3 is 3.05 bits per heavy atom. The third-order valence-electron chi connectivity index (χ3n) is 2.09. The molecule has 0 bridgehead atoms. The van der Waals surface area contributed by atoms with Crippen molar-refractivity contribution >= 4 is 39.5 Å². The fourth-order valence-corrected chi connectivity index (χ4v) is 2.66. The summed E-state index contributed by atoms with van der Waals surface area (Å²) in [6.45, 7) is 0.599. The van der Waals surface area contributed by atoms with Crippen molar-refractivity contribution in [3.8, 4) is 5.75 Å². The lowest BCUT2D eigenvalue weighted by atomic mass is 10.3. The molecule has 2 aromatic rings. The summed E-state index contributed by atoms with van der Waals surface area (Å²) in [5.74, 6) is 3.04. The van der Waals surface area contributed by atoms with Crippen LogP contribution in [0, 0.1) is 0 Å². The molecule has 7 heteroatoms. The number of halogens is 1. The van der Waals surface area contributed by atoms with Gasteiger partial charge < -0.3 is 9.15 Å². The second-order valence-electron chi connectivity index (χ2n) is 3.55. The molecule has 19 heavy (non-hydrogen) atoms. The highest BCUT2D eigenvalue weighted by atomic mass is 79.9. The highest BCUT2D eigenvalue weighted by molar-refractivity contribution is 9.10. The van der Waals surface area contributed by atoms with Gasteiger partial charge in [-0.05, 0) is 24.5 Å². The van der Waals surface area contributed by atoms with E-state index >= 15 is 0 Å². The van der Waals surface area contributed by atoms with E-state index in [9.17, 15) is 0 Å². The molecule has 0 saturated heterocycles. The van der Waals surface area contributed by atoms with Gasteiger partial charge in [0, 0.05) is 10.2 Å². The summed E-state index contributed by atoms with van der Waals surface area (Å²) in [7, 11) is 0. The van der Waals surface area contributed by atoms with Gasteiger partial charge in [0.1, 0.15) is 5.75 Å². The highest BCUT2D eigenvalue weighted by Gasteiger charge is 2.05. The number of rotatable bonds is 7. The molecule has 2 rings (SSSR count). The van der Waals surface area contributed by atoms with Gasteiger partial charge in [-0.25, -0.2) is 0 Å². The van der Waals surface area contributed by atoms with Crippen molar-refractivity contribution in [1.82, 2.24) is 10.2 Å². The lowest BCUT2D eigenvalue weighted by Gasteiger charge is -2.04. The summed E-state index contributed by atoms with van der Waals surface area (Å²) in [6, 6.07) is 7.78. The normalized spacial score (nSPS) is 10.6. The SMILES string of the molecule is CSCc1nnc(SCCOc2cccc(Br)c2)o1. The molecule has 0 unspecified atom stereocenters. The van der Waals surface area contributed by atoms with Crippen LogP contribution in [0.15, 0.2) is 38.4 Å². The number of ether oxygens (including phenoxy) is 1. The minimum Gasteiger partial charge on any atom is -0.493 e. The van der Waals surface area contributed by atoms with Crippen molar-refractivity contribution in [3.05, 3.63) is 34.6 Å². The molecule has 0 radical (unpaired) electrons. The summed E-state index contributed by atoms with van der Waals surface area (Å²) in [5.41, 5.74) is 0. The number of nitrogens with zero attached hydrogens (tertiary/aromatic N) is 2. The zero-order chi connectivity index (χ0) is 13.5. The molecule has 0 amide bonds. The largest absolute Gasteiger partial charge is 0.493 e. The molecule has 1 aromatic carbocycles. The Labute approximate surface area is 128 Å². The molecule has 0 aliphatic carbocycles. The molecule has 4 nitrogen and oxygen atoms in total. The van der Waals surface area contributed by atoms with Gasteiger partial charge in [0.25, 0.3) is 5.22 Å². The van der Waals surface area contributed by atoms with E-state index in [1.54, 1.807) is 11.8 Å². The van der Waals surface area contributed by atoms with Gasteiger partial charge in [0.2, 0.25) is 5.89 Å². The first-order valence-corrected chi connectivity index (χ1v) is 8.77. The summed E-state index contributed by atoms with van der Waals surface area (Å²) >= 11 is 6.57. The van der Waals surface area contributed by atoms with Crippen LogP contribution in [0.4, 0.5) is 0 Å². The van der Waals surface area contributed by atoms with Crippen LogP contribution in [0.25, 0.3) is 0 Å². The topological polar surface area (TPSA) is 48.2 Å². The molecule has 0 fully saturated rings. The number of aromatic nitrogens is 2. The van der Waals surface area contributed by atoms with Crippen molar-refractivity contribution in [1.29, 1.82) is 0 Å². The van der Waals surface area contributed by atoms with Gasteiger partial charge in [0.05, 0.1) is 12.4 Å². The Morgan fingerprint density at radius 2 is 2.26 bits per heavy atom. The van der Waals surface area contributed by atoms with Crippen molar-refractivity contribution < 1.29 is 9.15 Å². The van der Waals surface area contributed by atoms with E-state index in [0.717, 1.165) is 21.7 Å². The summed E-state index contributed by atoms with van der Waals surface area (Å²) in [4.78, 5) is 0. The van der Waals surface area contributed by atoms with Crippen LogP contribution < -0.4 is 4.74 Å². The maximum Gasteiger partial charge on any atom is 0.276 e. The van der Waals surface area contributed by atoms with Crippen LogP contribution in [-0.4, -0.2) is 28.8 Å². The smallest absolute Gasteiger partial charge is 0.276 e. The predicted octanol–water partition coefficient (Wildman–Crippen LogP) is 3.87. The molecule has 0 aliphatic rings. The Bertz CT molecular complexity index is 522. The zero-order valence-corrected chi connectivity index (χ0v) is 13.6. The molecule has 0 aliphatic heterocycles. The van der Waals surface area contributed by atoms with E-state index in [1.807, 2.05) is 30.5 Å². The van der Waals surface area contributed by atoms with E-state index < -0.39 is 0 Å². The van der Waals surface area contributed by atoms with Crippen molar-refractivity contribution in [2.45, 2.75) is 11.0 Å². The fraction of sp³-hybridized carbons (Fsp3) is 0.333. The maximum absolute atomic E-state index is 5.62. The van der Waals surface area contributed by atoms with Crippen molar-refractivity contribution in [2.24, 2.45) is 0 Å². The molecular formula is C12H13BrN2O2S2. The summed E-state index contributed by atoms with van der Waals surface area (Å²) < 4.78 is 12.1. The quantitative estimate of drug-likeness (QED) is 0.551. The van der Waals surface area contributed by atoms with Gasteiger partial charge in [-0.15, -0.1) is 10.2 Å². The van der Waals surface area contributed by atoms with Crippen LogP contribution in [0.2, 0.25) is 0 Å². The number of thioether (sulfide) groups is 2. The van der Waals surface area contributed by atoms with Gasteiger partial charge >= 0.3 is 0 Å². The number of hydrogen-bond donors (Lipinski definition) is 0. The number of hydrogen-bond acceptors (Lipinski definition) is 6. The third kappa shape index (κ3) is 5.08. The highest BCUT2D eigenvalue weighted by Crippen LogP contribution is 2.20. The monoisotopic (exact) mass is 360 g/mol. The molecular weight excluding hydrogens is 348 g/mol. The average molecular weight is 361 g/mol. The van der Waals surface area contributed by atoms with Crippen molar-refractivity contribution in [3.63, 3.8) is 0 Å². The Morgan fingerprint density at radius 1 is 1.37 bits per heavy atom. The first kappa shape index (κ1) is 14.7. The van der Waals surface area contributed by atoms with E-state index in [-0.39, 0.29) is 0 Å². The van der Waals surface area contributed by atoms with E-state index in [1.165, 1.54) is 11.8 Å². The predicted molar refractivity (Wildman–Crippen MR) is 81.9 cm³/mol. The molecule has 1 aromatic heterocycles.